The first-order chi connectivity index (χ1) is 31.2. The standard InChI is InChI=1S/C17H22N2O2.C15H20N2O.C11H22N2O2.C8H7NO2.ClH/c1-14(20)19-11-8-15(9-12-19)4-6-17(21)7-5-16-3-2-10-18-13-16;18-15(5-3-13-7-10-16-11-8-13)6-4-14-2-1-9-17-12-14;1-11(2,3)15-10(14)13-6-4-9(8-12)5-7-13;10-8(11)4-3-7-2-1-5-9-6-7;/h2-3,5,7,10,13,15H,4,6,8-9,11-12H2,1H3;1-2,4,6,9,12-13,16H,3,5,7-8,10-11H2;9H,4-8,12H2,1-3H3;1-6H,(H,10,11);1H/b7-5+;6-4+;;4-3+;. The quantitative estimate of drug-likeness (QED) is 0.139. The number of pyridine rings is 3. The predicted octanol–water partition coefficient (Wildman–Crippen LogP) is 8.34. The fourth-order valence-electron chi connectivity index (χ4n) is 7.21. The maximum Gasteiger partial charge on any atom is 0.410 e. The summed E-state index contributed by atoms with van der Waals surface area (Å²) in [5.74, 6) is 1.45. The Morgan fingerprint density at radius 2 is 1.09 bits per heavy atom. The number of nitrogens with two attached hydrogens (primary N) is 1. The van der Waals surface area contributed by atoms with Crippen molar-refractivity contribution in [2.24, 2.45) is 23.5 Å². The number of ketones is 2. The van der Waals surface area contributed by atoms with Gasteiger partial charge in [0.25, 0.3) is 0 Å². The van der Waals surface area contributed by atoms with Crippen LogP contribution in [0.15, 0.2) is 91.8 Å². The zero-order chi connectivity index (χ0) is 47.3. The SMILES string of the molecule is CC(=O)N1CCC(CCC(=O)/C=C/c2cccnc2)CC1.CC(C)(C)OC(=O)N1CCC(CN)CC1.Cl.O=C(/C=C/c1cccnc1)CCC1CCNCC1.O=C(O)/C=C/c1cccnc1. The van der Waals surface area contributed by atoms with Crippen LogP contribution in [0.25, 0.3) is 18.2 Å². The summed E-state index contributed by atoms with van der Waals surface area (Å²) < 4.78 is 5.30. The second-order valence-electron chi connectivity index (χ2n) is 17.5. The third-order valence-electron chi connectivity index (χ3n) is 11.1. The van der Waals surface area contributed by atoms with Gasteiger partial charge in [-0.15, -0.1) is 12.4 Å². The fraction of sp³-hybridized carbons (Fsp3) is 0.490. The minimum absolute atomic E-state index is 0. The Morgan fingerprint density at radius 1 is 0.682 bits per heavy atom. The highest BCUT2D eigenvalue weighted by atomic mass is 35.5. The van der Waals surface area contributed by atoms with Crippen LogP contribution >= 0.6 is 12.4 Å². The summed E-state index contributed by atoms with van der Waals surface area (Å²) in [6, 6.07) is 11.1. The van der Waals surface area contributed by atoms with Gasteiger partial charge in [0.05, 0.1) is 0 Å². The molecule has 3 aromatic heterocycles. The van der Waals surface area contributed by atoms with E-state index in [2.05, 4.69) is 20.3 Å². The number of aromatic nitrogens is 3. The Morgan fingerprint density at radius 3 is 1.47 bits per heavy atom. The summed E-state index contributed by atoms with van der Waals surface area (Å²) in [7, 11) is 0. The number of carboxylic acid groups (broad SMARTS) is 1. The van der Waals surface area contributed by atoms with Crippen LogP contribution in [0.4, 0.5) is 4.79 Å². The van der Waals surface area contributed by atoms with Gasteiger partial charge in [0.15, 0.2) is 11.6 Å². The molecule has 0 aliphatic carbocycles. The lowest BCUT2D eigenvalue weighted by Gasteiger charge is -2.32. The number of carboxylic acids is 1. The second-order valence-corrected chi connectivity index (χ2v) is 17.5. The first kappa shape index (κ1) is 56.6. The molecule has 3 aliphatic heterocycles. The van der Waals surface area contributed by atoms with Gasteiger partial charge in [-0.05, 0) is 175 Å². The molecule has 3 saturated heterocycles. The van der Waals surface area contributed by atoms with E-state index < -0.39 is 11.6 Å². The number of rotatable bonds is 13. The van der Waals surface area contributed by atoms with E-state index in [1.165, 1.54) is 18.9 Å². The number of nitrogens with zero attached hydrogens (tertiary/aromatic N) is 5. The van der Waals surface area contributed by atoms with Gasteiger partial charge in [-0.3, -0.25) is 29.3 Å². The Bertz CT molecular complexity index is 1940. The molecule has 4 N–H and O–H groups in total. The minimum Gasteiger partial charge on any atom is -0.478 e. The largest absolute Gasteiger partial charge is 0.478 e. The molecule has 0 aromatic carbocycles. The molecule has 0 unspecified atom stereocenters. The molecule has 0 spiro atoms. The van der Waals surface area contributed by atoms with E-state index in [0.717, 1.165) is 113 Å². The second kappa shape index (κ2) is 32.2. The molecular weight excluding hydrogens is 858 g/mol. The number of nitrogens with one attached hydrogen (secondary N) is 1. The fourth-order valence-corrected chi connectivity index (χ4v) is 7.21. The van der Waals surface area contributed by atoms with Gasteiger partial charge in [0, 0.05) is 89.2 Å². The van der Waals surface area contributed by atoms with Crippen molar-refractivity contribution in [3.8, 4) is 0 Å². The monoisotopic (exact) mass is 930 g/mol. The first-order valence-electron chi connectivity index (χ1n) is 22.9. The highest BCUT2D eigenvalue weighted by Gasteiger charge is 2.26. The van der Waals surface area contributed by atoms with Crippen molar-refractivity contribution in [1.82, 2.24) is 30.1 Å². The number of halogens is 1. The number of carbonyl (C=O) groups is 5. The number of likely N-dealkylation sites (tertiary alicyclic amines) is 2. The predicted molar refractivity (Wildman–Crippen MR) is 263 cm³/mol. The molecule has 0 radical (unpaired) electrons. The molecule has 0 bridgehead atoms. The van der Waals surface area contributed by atoms with Crippen LogP contribution in [0.5, 0.6) is 0 Å². The summed E-state index contributed by atoms with van der Waals surface area (Å²) in [4.78, 5) is 72.1. The number of amides is 2. The first-order valence-corrected chi connectivity index (χ1v) is 22.9. The zero-order valence-corrected chi connectivity index (χ0v) is 40.1. The molecule has 3 aliphatic rings. The lowest BCUT2D eigenvalue weighted by atomic mass is 9.91. The minimum atomic E-state index is -0.950. The maximum absolute atomic E-state index is 11.9. The van der Waals surface area contributed by atoms with Gasteiger partial charge in [0.1, 0.15) is 5.60 Å². The van der Waals surface area contributed by atoms with Gasteiger partial charge >= 0.3 is 12.1 Å². The Kier molecular flexibility index (Phi) is 27.6. The molecule has 0 saturated carbocycles. The number of aliphatic carboxylic acids is 1. The van der Waals surface area contributed by atoms with Gasteiger partial charge in [0.2, 0.25) is 5.91 Å². The third kappa shape index (κ3) is 25.8. The molecule has 3 fully saturated rings. The number of hydrogen-bond acceptors (Lipinski definition) is 11. The summed E-state index contributed by atoms with van der Waals surface area (Å²) in [5, 5.41) is 11.6. The number of allylic oxidation sites excluding steroid dienone is 2. The van der Waals surface area contributed by atoms with E-state index >= 15 is 0 Å². The summed E-state index contributed by atoms with van der Waals surface area (Å²) in [6.45, 7) is 13.4. The third-order valence-corrected chi connectivity index (χ3v) is 11.1. The number of piperidine rings is 3. The average Bonchev–Trinajstić information content (AvgIpc) is 3.32. The molecule has 360 valence electrons. The van der Waals surface area contributed by atoms with Crippen molar-refractivity contribution < 1.29 is 33.8 Å². The van der Waals surface area contributed by atoms with E-state index in [-0.39, 0.29) is 36.0 Å². The van der Waals surface area contributed by atoms with Crippen LogP contribution in [0.1, 0.15) is 109 Å². The molecule has 3 aromatic rings. The molecule has 6 rings (SSSR count). The van der Waals surface area contributed by atoms with Crippen LogP contribution in [-0.4, -0.2) is 111 Å². The maximum atomic E-state index is 11.9. The van der Waals surface area contributed by atoms with Crippen molar-refractivity contribution in [1.29, 1.82) is 0 Å². The molecule has 6 heterocycles. The van der Waals surface area contributed by atoms with E-state index in [1.54, 1.807) is 73.3 Å². The van der Waals surface area contributed by atoms with Crippen molar-refractivity contribution in [3.63, 3.8) is 0 Å². The number of carbonyl (C=O) groups excluding carboxylic acids is 4. The number of hydrogen-bond donors (Lipinski definition) is 3. The molecule has 2 amide bonds. The van der Waals surface area contributed by atoms with Crippen molar-refractivity contribution in [2.45, 2.75) is 97.5 Å². The zero-order valence-electron chi connectivity index (χ0n) is 39.3. The van der Waals surface area contributed by atoms with Crippen molar-refractivity contribution in [2.75, 3.05) is 45.8 Å². The van der Waals surface area contributed by atoms with Crippen molar-refractivity contribution >= 4 is 60.2 Å². The molecule has 66 heavy (non-hydrogen) atoms. The molecular formula is C51H72ClN7O7. The normalized spacial score (nSPS) is 15.9. The Labute approximate surface area is 398 Å². The molecule has 15 heteroatoms. The number of ether oxygens (including phenoxy) is 1. The molecule has 14 nitrogen and oxygen atoms in total. The average molecular weight is 931 g/mol. The lowest BCUT2D eigenvalue weighted by molar-refractivity contribution is -0.131. The van der Waals surface area contributed by atoms with Crippen LogP contribution in [0.2, 0.25) is 0 Å². The van der Waals surface area contributed by atoms with Gasteiger partial charge in [-0.1, -0.05) is 18.2 Å². The van der Waals surface area contributed by atoms with E-state index in [1.807, 2.05) is 62.1 Å². The highest BCUT2D eigenvalue weighted by molar-refractivity contribution is 5.94. The topological polar surface area (TPSA) is 198 Å². The van der Waals surface area contributed by atoms with Crippen molar-refractivity contribution in [3.05, 3.63) is 108 Å². The van der Waals surface area contributed by atoms with Gasteiger partial charge < -0.3 is 30.7 Å². The molecule has 0 atom stereocenters. The summed E-state index contributed by atoms with van der Waals surface area (Å²) >= 11 is 0. The van der Waals surface area contributed by atoms with Crippen LogP contribution in [0, 0.1) is 17.8 Å². The van der Waals surface area contributed by atoms with Gasteiger partial charge in [-0.2, -0.15) is 0 Å². The van der Waals surface area contributed by atoms with Gasteiger partial charge in [-0.25, -0.2) is 9.59 Å². The Balaban J connectivity index is 0.000000308. The smallest absolute Gasteiger partial charge is 0.410 e. The summed E-state index contributed by atoms with van der Waals surface area (Å²) in [5.41, 5.74) is 7.90. The lowest BCUT2D eigenvalue weighted by Crippen LogP contribution is -2.42. The van der Waals surface area contributed by atoms with Crippen LogP contribution in [-0.2, 0) is 23.9 Å². The van der Waals surface area contributed by atoms with Crippen LogP contribution < -0.4 is 11.1 Å². The summed E-state index contributed by atoms with van der Waals surface area (Å²) in [6.07, 6.45) is 29.2. The highest BCUT2D eigenvalue weighted by Crippen LogP contribution is 2.23. The van der Waals surface area contributed by atoms with Crippen LogP contribution in [0.3, 0.4) is 0 Å². The van der Waals surface area contributed by atoms with E-state index in [0.29, 0.717) is 24.7 Å². The van der Waals surface area contributed by atoms with E-state index in [4.69, 9.17) is 15.6 Å². The van der Waals surface area contributed by atoms with E-state index in [9.17, 15) is 24.0 Å². The Hall–Kier alpha value is -5.57.